The van der Waals surface area contributed by atoms with E-state index in [-0.39, 0.29) is 30.3 Å². The van der Waals surface area contributed by atoms with Crippen LogP contribution in [-0.2, 0) is 11.3 Å². The second-order valence-electron chi connectivity index (χ2n) is 6.39. The summed E-state index contributed by atoms with van der Waals surface area (Å²) < 4.78 is 0. The van der Waals surface area contributed by atoms with E-state index in [1.54, 1.807) is 0 Å². The molecular formula is C18H29ClN2O. The summed E-state index contributed by atoms with van der Waals surface area (Å²) in [7, 11) is 0. The number of benzene rings is 1. The molecule has 1 aromatic carbocycles. The van der Waals surface area contributed by atoms with Crippen LogP contribution in [0.5, 0.6) is 0 Å². The van der Waals surface area contributed by atoms with Crippen LogP contribution in [0, 0.1) is 5.92 Å². The number of nitrogens with zero attached hydrogens (tertiary/aromatic N) is 1. The molecule has 1 aromatic rings. The van der Waals surface area contributed by atoms with E-state index < -0.39 is 0 Å². The Kier molecular flexibility index (Phi) is 7.91. The molecule has 2 atom stereocenters. The minimum Gasteiger partial charge on any atom is -0.335 e. The summed E-state index contributed by atoms with van der Waals surface area (Å²) in [6.07, 6.45) is 6.02. The summed E-state index contributed by atoms with van der Waals surface area (Å²) in [5.74, 6) is 0.0939. The molecule has 2 rings (SSSR count). The molecule has 0 saturated heterocycles. The molecule has 3 nitrogen and oxygen atoms in total. The van der Waals surface area contributed by atoms with Crippen molar-refractivity contribution < 1.29 is 4.79 Å². The van der Waals surface area contributed by atoms with Crippen LogP contribution in [0.15, 0.2) is 30.3 Å². The SMILES string of the molecule is CC(N)C(C)C(=O)N(Cc1ccccc1)C1CCCCC1.Cl. The number of nitrogens with two attached hydrogens (primary N) is 1. The minimum atomic E-state index is -0.115. The highest BCUT2D eigenvalue weighted by atomic mass is 35.5. The first-order chi connectivity index (χ1) is 10.1. The van der Waals surface area contributed by atoms with Gasteiger partial charge in [-0.1, -0.05) is 56.5 Å². The zero-order valence-corrected chi connectivity index (χ0v) is 14.5. The van der Waals surface area contributed by atoms with Gasteiger partial charge in [0, 0.05) is 18.6 Å². The smallest absolute Gasteiger partial charge is 0.227 e. The topological polar surface area (TPSA) is 46.3 Å². The number of hydrogen-bond acceptors (Lipinski definition) is 2. The molecule has 124 valence electrons. The number of amides is 1. The summed E-state index contributed by atoms with van der Waals surface area (Å²) >= 11 is 0. The summed E-state index contributed by atoms with van der Waals surface area (Å²) in [6.45, 7) is 4.58. The van der Waals surface area contributed by atoms with Gasteiger partial charge in [0.1, 0.15) is 0 Å². The maximum atomic E-state index is 12.8. The fourth-order valence-electron chi connectivity index (χ4n) is 3.05. The third kappa shape index (κ3) is 4.99. The number of rotatable bonds is 5. The molecule has 0 radical (unpaired) electrons. The van der Waals surface area contributed by atoms with Gasteiger partial charge in [0.05, 0.1) is 5.92 Å². The fourth-order valence-corrected chi connectivity index (χ4v) is 3.05. The third-order valence-corrected chi connectivity index (χ3v) is 4.67. The average Bonchev–Trinajstić information content (AvgIpc) is 2.53. The van der Waals surface area contributed by atoms with E-state index >= 15 is 0 Å². The molecule has 0 aromatic heterocycles. The van der Waals surface area contributed by atoms with Crippen LogP contribution in [0.1, 0.15) is 51.5 Å². The van der Waals surface area contributed by atoms with Crippen molar-refractivity contribution in [3.8, 4) is 0 Å². The van der Waals surface area contributed by atoms with Crippen LogP contribution in [0.4, 0.5) is 0 Å². The third-order valence-electron chi connectivity index (χ3n) is 4.67. The van der Waals surface area contributed by atoms with E-state index in [4.69, 9.17) is 5.73 Å². The molecule has 4 heteroatoms. The predicted octanol–water partition coefficient (Wildman–Crippen LogP) is 3.75. The first kappa shape index (κ1) is 19.0. The monoisotopic (exact) mass is 324 g/mol. The molecule has 1 fully saturated rings. The van der Waals surface area contributed by atoms with E-state index in [1.807, 2.05) is 32.0 Å². The summed E-state index contributed by atoms with van der Waals surface area (Å²) in [4.78, 5) is 14.9. The Morgan fingerprint density at radius 3 is 2.32 bits per heavy atom. The Morgan fingerprint density at radius 1 is 1.18 bits per heavy atom. The van der Waals surface area contributed by atoms with E-state index in [1.165, 1.54) is 24.8 Å². The lowest BCUT2D eigenvalue weighted by Gasteiger charge is -2.37. The lowest BCUT2D eigenvalue weighted by Crippen LogP contribution is -2.47. The molecule has 0 bridgehead atoms. The Balaban J connectivity index is 0.00000242. The fraction of sp³-hybridized carbons (Fsp3) is 0.611. The number of hydrogen-bond donors (Lipinski definition) is 1. The van der Waals surface area contributed by atoms with Crippen molar-refractivity contribution in [2.24, 2.45) is 11.7 Å². The van der Waals surface area contributed by atoms with Crippen LogP contribution in [0.3, 0.4) is 0 Å². The lowest BCUT2D eigenvalue weighted by molar-refractivity contribution is -0.139. The molecule has 1 aliphatic carbocycles. The van der Waals surface area contributed by atoms with Gasteiger partial charge in [0.25, 0.3) is 0 Å². The summed E-state index contributed by atoms with van der Waals surface area (Å²) in [5, 5.41) is 0. The highest BCUT2D eigenvalue weighted by Gasteiger charge is 2.29. The highest BCUT2D eigenvalue weighted by molar-refractivity contribution is 5.85. The van der Waals surface area contributed by atoms with Gasteiger partial charge in [-0.15, -0.1) is 12.4 Å². The van der Waals surface area contributed by atoms with Gasteiger partial charge in [-0.3, -0.25) is 4.79 Å². The number of carbonyl (C=O) groups excluding carboxylic acids is 1. The summed E-state index contributed by atoms with van der Waals surface area (Å²) in [5.41, 5.74) is 7.15. The second-order valence-corrected chi connectivity index (χ2v) is 6.39. The Bertz CT molecular complexity index is 444. The van der Waals surface area contributed by atoms with E-state index in [0.717, 1.165) is 12.8 Å². The first-order valence-electron chi connectivity index (χ1n) is 8.19. The van der Waals surface area contributed by atoms with Crippen molar-refractivity contribution in [1.82, 2.24) is 4.90 Å². The van der Waals surface area contributed by atoms with Crippen LogP contribution in [0.25, 0.3) is 0 Å². The van der Waals surface area contributed by atoms with E-state index in [0.29, 0.717) is 12.6 Å². The molecular weight excluding hydrogens is 296 g/mol. The maximum absolute atomic E-state index is 12.8. The zero-order chi connectivity index (χ0) is 15.2. The van der Waals surface area contributed by atoms with Crippen molar-refractivity contribution in [1.29, 1.82) is 0 Å². The van der Waals surface area contributed by atoms with Gasteiger partial charge in [-0.2, -0.15) is 0 Å². The Labute approximate surface area is 140 Å². The zero-order valence-electron chi connectivity index (χ0n) is 13.7. The molecule has 22 heavy (non-hydrogen) atoms. The number of carbonyl (C=O) groups is 1. The molecule has 2 unspecified atom stereocenters. The average molecular weight is 325 g/mol. The molecule has 1 amide bonds. The van der Waals surface area contributed by atoms with Crippen molar-refractivity contribution in [2.75, 3.05) is 0 Å². The van der Waals surface area contributed by atoms with Crippen LogP contribution in [-0.4, -0.2) is 22.9 Å². The molecule has 1 aliphatic rings. The Hall–Kier alpha value is -1.06. The first-order valence-corrected chi connectivity index (χ1v) is 8.19. The maximum Gasteiger partial charge on any atom is 0.227 e. The van der Waals surface area contributed by atoms with Crippen LogP contribution >= 0.6 is 12.4 Å². The van der Waals surface area contributed by atoms with Crippen molar-refractivity contribution in [2.45, 2.75) is 64.6 Å². The van der Waals surface area contributed by atoms with Crippen LogP contribution in [0.2, 0.25) is 0 Å². The quantitative estimate of drug-likeness (QED) is 0.896. The van der Waals surface area contributed by atoms with Gasteiger partial charge >= 0.3 is 0 Å². The highest BCUT2D eigenvalue weighted by Crippen LogP contribution is 2.26. The standard InChI is InChI=1S/C18H28N2O.ClH/c1-14(15(2)19)18(21)20(17-11-7-4-8-12-17)13-16-9-5-3-6-10-16;/h3,5-6,9-10,14-15,17H,4,7-8,11-13,19H2,1-2H3;1H. The molecule has 0 aliphatic heterocycles. The van der Waals surface area contributed by atoms with Gasteiger partial charge in [-0.05, 0) is 25.3 Å². The van der Waals surface area contributed by atoms with Gasteiger partial charge < -0.3 is 10.6 Å². The van der Waals surface area contributed by atoms with E-state index in [2.05, 4.69) is 17.0 Å². The molecule has 1 saturated carbocycles. The van der Waals surface area contributed by atoms with E-state index in [9.17, 15) is 4.79 Å². The van der Waals surface area contributed by atoms with Crippen molar-refractivity contribution in [3.05, 3.63) is 35.9 Å². The minimum absolute atomic E-state index is 0. The molecule has 2 N–H and O–H groups in total. The Morgan fingerprint density at radius 2 is 1.77 bits per heavy atom. The molecule has 0 heterocycles. The predicted molar refractivity (Wildman–Crippen MR) is 93.9 cm³/mol. The van der Waals surface area contributed by atoms with Crippen molar-refractivity contribution in [3.63, 3.8) is 0 Å². The molecule has 0 spiro atoms. The second kappa shape index (κ2) is 9.16. The van der Waals surface area contributed by atoms with Crippen LogP contribution < -0.4 is 5.73 Å². The lowest BCUT2D eigenvalue weighted by atomic mass is 9.92. The largest absolute Gasteiger partial charge is 0.335 e. The normalized spacial score (nSPS) is 18.1. The van der Waals surface area contributed by atoms with Gasteiger partial charge in [0.2, 0.25) is 5.91 Å². The van der Waals surface area contributed by atoms with Crippen molar-refractivity contribution >= 4 is 18.3 Å². The van der Waals surface area contributed by atoms with Gasteiger partial charge in [0.15, 0.2) is 0 Å². The number of halogens is 1. The van der Waals surface area contributed by atoms with Gasteiger partial charge in [-0.25, -0.2) is 0 Å². The summed E-state index contributed by atoms with van der Waals surface area (Å²) in [6, 6.07) is 10.6.